The summed E-state index contributed by atoms with van der Waals surface area (Å²) in [7, 11) is 0. The molecule has 3 aromatic rings. The number of anilines is 1. The van der Waals surface area contributed by atoms with E-state index in [2.05, 4.69) is 19.9 Å². The predicted molar refractivity (Wildman–Crippen MR) is 82.8 cm³/mol. The van der Waals surface area contributed by atoms with Crippen molar-refractivity contribution in [2.24, 2.45) is 0 Å². The summed E-state index contributed by atoms with van der Waals surface area (Å²) >= 11 is 0. The summed E-state index contributed by atoms with van der Waals surface area (Å²) in [6, 6.07) is 3.95. The zero-order chi connectivity index (χ0) is 14.9. The molecule has 1 fully saturated rings. The zero-order valence-electron chi connectivity index (χ0n) is 12.3. The van der Waals surface area contributed by atoms with E-state index in [9.17, 15) is 0 Å². The van der Waals surface area contributed by atoms with Gasteiger partial charge >= 0.3 is 0 Å². The Morgan fingerprint density at radius 2 is 2.00 bits per heavy atom. The minimum absolute atomic E-state index is 0.720. The molecule has 1 aliphatic rings. The molecule has 6 heteroatoms. The van der Waals surface area contributed by atoms with E-state index in [0.717, 1.165) is 60.1 Å². The number of hydrogen-bond acceptors (Lipinski definition) is 6. The number of furan rings is 1. The highest BCUT2D eigenvalue weighted by Crippen LogP contribution is 2.27. The molecule has 0 radical (unpaired) electrons. The molecule has 4 heterocycles. The topological polar surface area (TPSA) is 64.3 Å². The molecule has 4 rings (SSSR count). The van der Waals surface area contributed by atoms with Gasteiger partial charge in [0.05, 0.1) is 31.3 Å². The molecule has 0 N–H and O–H groups in total. The molecule has 6 nitrogen and oxygen atoms in total. The fraction of sp³-hybridized carbons (Fsp3) is 0.312. The maximum absolute atomic E-state index is 5.42. The number of rotatable bonds is 2. The second-order valence-corrected chi connectivity index (χ2v) is 5.30. The number of hydrogen-bond donors (Lipinski definition) is 0. The maximum Gasteiger partial charge on any atom is 0.159 e. The number of aryl methyl sites for hydroxylation is 1. The van der Waals surface area contributed by atoms with Crippen molar-refractivity contribution in [2.45, 2.75) is 6.92 Å². The van der Waals surface area contributed by atoms with E-state index in [1.165, 1.54) is 0 Å². The molecule has 0 atom stereocenters. The molecule has 0 bridgehead atoms. The average Bonchev–Trinajstić information content (AvgIpc) is 3.09. The molecule has 112 valence electrons. The van der Waals surface area contributed by atoms with Crippen LogP contribution in [-0.2, 0) is 4.74 Å². The Bertz CT molecular complexity index is 795. The van der Waals surface area contributed by atoms with Crippen LogP contribution < -0.4 is 4.90 Å². The van der Waals surface area contributed by atoms with E-state index in [-0.39, 0.29) is 0 Å². The SMILES string of the molecule is Cc1nc(N2CCOCC2)c2ncc(-c3ccoc3)cc2n1. The first-order valence-electron chi connectivity index (χ1n) is 7.31. The van der Waals surface area contributed by atoms with Crippen LogP contribution >= 0.6 is 0 Å². The van der Waals surface area contributed by atoms with Crippen molar-refractivity contribution in [3.63, 3.8) is 0 Å². The molecule has 0 saturated carbocycles. The molecule has 0 aromatic carbocycles. The van der Waals surface area contributed by atoms with Gasteiger partial charge in [-0.25, -0.2) is 9.97 Å². The average molecular weight is 296 g/mol. The first kappa shape index (κ1) is 13.2. The van der Waals surface area contributed by atoms with Crippen LogP contribution in [0.15, 0.2) is 35.3 Å². The molecule has 0 unspecified atom stereocenters. The van der Waals surface area contributed by atoms with Gasteiger partial charge in [-0.1, -0.05) is 0 Å². The Morgan fingerprint density at radius 1 is 1.14 bits per heavy atom. The van der Waals surface area contributed by atoms with Gasteiger partial charge in [0.25, 0.3) is 0 Å². The van der Waals surface area contributed by atoms with Crippen LogP contribution in [0.25, 0.3) is 22.2 Å². The van der Waals surface area contributed by atoms with E-state index in [1.807, 2.05) is 25.3 Å². The van der Waals surface area contributed by atoms with Crippen LogP contribution in [0.4, 0.5) is 5.82 Å². The van der Waals surface area contributed by atoms with Gasteiger partial charge in [-0.05, 0) is 19.1 Å². The number of fused-ring (bicyclic) bond motifs is 1. The van der Waals surface area contributed by atoms with Gasteiger partial charge in [0.2, 0.25) is 0 Å². The lowest BCUT2D eigenvalue weighted by Gasteiger charge is -2.28. The highest BCUT2D eigenvalue weighted by Gasteiger charge is 2.18. The van der Waals surface area contributed by atoms with Gasteiger partial charge in [-0.2, -0.15) is 0 Å². The molecule has 0 spiro atoms. The second-order valence-electron chi connectivity index (χ2n) is 5.30. The monoisotopic (exact) mass is 296 g/mol. The number of pyridine rings is 1. The minimum Gasteiger partial charge on any atom is -0.472 e. The van der Waals surface area contributed by atoms with Gasteiger partial charge in [-0.15, -0.1) is 0 Å². The van der Waals surface area contributed by atoms with E-state index in [1.54, 1.807) is 12.5 Å². The molecular formula is C16H16N4O2. The van der Waals surface area contributed by atoms with E-state index in [4.69, 9.17) is 9.15 Å². The fourth-order valence-corrected chi connectivity index (χ4v) is 2.70. The molecular weight excluding hydrogens is 280 g/mol. The van der Waals surface area contributed by atoms with E-state index in [0.29, 0.717) is 0 Å². The number of ether oxygens (including phenoxy) is 1. The smallest absolute Gasteiger partial charge is 0.159 e. The van der Waals surface area contributed by atoms with Crippen LogP contribution in [0.5, 0.6) is 0 Å². The van der Waals surface area contributed by atoms with Crippen molar-refractivity contribution in [3.05, 3.63) is 36.7 Å². The summed E-state index contributed by atoms with van der Waals surface area (Å²) in [5.74, 6) is 1.64. The Morgan fingerprint density at radius 3 is 2.77 bits per heavy atom. The van der Waals surface area contributed by atoms with Crippen molar-refractivity contribution in [1.82, 2.24) is 15.0 Å². The van der Waals surface area contributed by atoms with Crippen LogP contribution in [-0.4, -0.2) is 41.3 Å². The summed E-state index contributed by atoms with van der Waals surface area (Å²) in [6.07, 6.45) is 5.21. The van der Waals surface area contributed by atoms with Gasteiger partial charge < -0.3 is 14.1 Å². The van der Waals surface area contributed by atoms with Gasteiger partial charge in [-0.3, -0.25) is 4.98 Å². The lowest BCUT2D eigenvalue weighted by Crippen LogP contribution is -2.37. The Balaban J connectivity index is 1.84. The summed E-state index contributed by atoms with van der Waals surface area (Å²) in [6.45, 7) is 5.01. The third-order valence-electron chi connectivity index (χ3n) is 3.79. The summed E-state index contributed by atoms with van der Waals surface area (Å²) in [4.78, 5) is 16.0. The van der Waals surface area contributed by atoms with Crippen molar-refractivity contribution < 1.29 is 9.15 Å². The standard InChI is InChI=1S/C16H16N4O2/c1-11-18-14-8-13(12-2-5-22-10-12)9-17-15(14)16(19-11)20-3-6-21-7-4-20/h2,5,8-10H,3-4,6-7H2,1H3. The summed E-state index contributed by atoms with van der Waals surface area (Å²) in [5, 5.41) is 0. The molecule has 1 saturated heterocycles. The number of nitrogens with zero attached hydrogens (tertiary/aromatic N) is 4. The number of aromatic nitrogens is 3. The first-order chi connectivity index (χ1) is 10.8. The Labute approximate surface area is 127 Å². The fourth-order valence-electron chi connectivity index (χ4n) is 2.70. The summed E-state index contributed by atoms with van der Waals surface area (Å²) in [5.41, 5.74) is 3.68. The first-order valence-corrected chi connectivity index (χ1v) is 7.31. The van der Waals surface area contributed by atoms with Gasteiger partial charge in [0.15, 0.2) is 5.82 Å². The van der Waals surface area contributed by atoms with Crippen molar-refractivity contribution in [1.29, 1.82) is 0 Å². The van der Waals surface area contributed by atoms with E-state index >= 15 is 0 Å². The quantitative estimate of drug-likeness (QED) is 0.723. The normalized spacial score (nSPS) is 15.4. The second kappa shape index (κ2) is 5.38. The van der Waals surface area contributed by atoms with Crippen molar-refractivity contribution in [3.8, 4) is 11.1 Å². The molecule has 1 aliphatic heterocycles. The van der Waals surface area contributed by atoms with Crippen LogP contribution in [0.3, 0.4) is 0 Å². The van der Waals surface area contributed by atoms with Crippen LogP contribution in [0, 0.1) is 6.92 Å². The van der Waals surface area contributed by atoms with Crippen molar-refractivity contribution >= 4 is 16.9 Å². The minimum atomic E-state index is 0.720. The molecule has 22 heavy (non-hydrogen) atoms. The van der Waals surface area contributed by atoms with E-state index < -0.39 is 0 Å². The predicted octanol–water partition coefficient (Wildman–Crippen LogP) is 2.43. The third kappa shape index (κ3) is 2.31. The van der Waals surface area contributed by atoms with Crippen molar-refractivity contribution in [2.75, 3.05) is 31.2 Å². The zero-order valence-corrected chi connectivity index (χ0v) is 12.3. The highest BCUT2D eigenvalue weighted by atomic mass is 16.5. The molecule has 0 aliphatic carbocycles. The van der Waals surface area contributed by atoms with Gasteiger partial charge in [0.1, 0.15) is 11.3 Å². The highest BCUT2D eigenvalue weighted by molar-refractivity contribution is 5.88. The number of morpholine rings is 1. The van der Waals surface area contributed by atoms with Gasteiger partial charge in [0, 0.05) is 30.4 Å². The van der Waals surface area contributed by atoms with Crippen LogP contribution in [0.2, 0.25) is 0 Å². The lowest BCUT2D eigenvalue weighted by molar-refractivity contribution is 0.122. The Hall–Kier alpha value is -2.47. The summed E-state index contributed by atoms with van der Waals surface area (Å²) < 4.78 is 10.6. The molecule has 0 amide bonds. The lowest BCUT2D eigenvalue weighted by atomic mass is 10.1. The Kier molecular flexibility index (Phi) is 3.23. The largest absolute Gasteiger partial charge is 0.472 e. The maximum atomic E-state index is 5.42. The molecule has 3 aromatic heterocycles. The van der Waals surface area contributed by atoms with Crippen LogP contribution in [0.1, 0.15) is 5.82 Å². The third-order valence-corrected chi connectivity index (χ3v) is 3.79.